The van der Waals surface area contributed by atoms with Crippen molar-refractivity contribution in [1.82, 2.24) is 0 Å². The molecule has 0 radical (unpaired) electrons. The summed E-state index contributed by atoms with van der Waals surface area (Å²) < 4.78 is 0. The first-order valence-corrected chi connectivity index (χ1v) is 5.74. The molecule has 3 rings (SSSR count). The number of hydrogen-bond donors (Lipinski definition) is 2. The van der Waals surface area contributed by atoms with E-state index >= 15 is 0 Å². The fourth-order valence-corrected chi connectivity index (χ4v) is 1.91. The molecule has 0 saturated heterocycles. The van der Waals surface area contributed by atoms with Crippen LogP contribution in [0.5, 0.6) is 5.75 Å². The first kappa shape index (κ1) is 10.6. The smallest absolute Gasteiger partial charge is 0.125 e. The molecule has 3 nitrogen and oxygen atoms in total. The number of anilines is 1. The number of benzene rings is 2. The minimum atomic E-state index is 0.230. The van der Waals surface area contributed by atoms with Crippen LogP contribution < -0.4 is 5.43 Å². The van der Waals surface area contributed by atoms with Crippen molar-refractivity contribution in [2.45, 2.75) is 0 Å². The fourth-order valence-electron chi connectivity index (χ4n) is 1.91. The van der Waals surface area contributed by atoms with Gasteiger partial charge in [-0.25, -0.2) is 0 Å². The van der Waals surface area contributed by atoms with Crippen LogP contribution in [0, 0.1) is 0 Å². The van der Waals surface area contributed by atoms with Crippen LogP contribution in [0.4, 0.5) is 5.69 Å². The third-order valence-corrected chi connectivity index (χ3v) is 2.86. The van der Waals surface area contributed by atoms with Gasteiger partial charge in [0.25, 0.3) is 0 Å². The van der Waals surface area contributed by atoms with Gasteiger partial charge in [0, 0.05) is 5.56 Å². The second kappa shape index (κ2) is 4.37. The van der Waals surface area contributed by atoms with Gasteiger partial charge < -0.3 is 5.11 Å². The Balaban J connectivity index is 2.03. The molecule has 1 aliphatic rings. The number of hydrazone groups is 1. The average Bonchev–Trinajstić information content (AvgIpc) is 2.62. The van der Waals surface area contributed by atoms with Crippen LogP contribution in [0.15, 0.2) is 59.7 Å². The highest BCUT2D eigenvalue weighted by molar-refractivity contribution is 6.13. The van der Waals surface area contributed by atoms with Crippen molar-refractivity contribution in [2.75, 3.05) is 5.43 Å². The maximum Gasteiger partial charge on any atom is 0.125 e. The number of aromatic hydroxyl groups is 1. The third-order valence-electron chi connectivity index (χ3n) is 2.86. The van der Waals surface area contributed by atoms with Gasteiger partial charge >= 0.3 is 0 Å². The normalized spacial score (nSPS) is 13.2. The molecular formula is C15H12N2O. The van der Waals surface area contributed by atoms with E-state index in [1.54, 1.807) is 12.1 Å². The van der Waals surface area contributed by atoms with E-state index in [1.807, 2.05) is 48.6 Å². The van der Waals surface area contributed by atoms with Crippen molar-refractivity contribution in [3.05, 3.63) is 65.7 Å². The molecule has 0 bridgehead atoms. The summed E-state index contributed by atoms with van der Waals surface area (Å²) in [5, 5.41) is 14.1. The summed E-state index contributed by atoms with van der Waals surface area (Å²) in [6.45, 7) is 0. The van der Waals surface area contributed by atoms with Crippen LogP contribution in [-0.4, -0.2) is 10.8 Å². The lowest BCUT2D eigenvalue weighted by Gasteiger charge is -2.04. The molecule has 0 spiro atoms. The summed E-state index contributed by atoms with van der Waals surface area (Å²) in [4.78, 5) is 0. The average molecular weight is 236 g/mol. The molecule has 0 amide bonds. The Labute approximate surface area is 105 Å². The molecular weight excluding hydrogens is 224 g/mol. The van der Waals surface area contributed by atoms with Gasteiger partial charge in [0.15, 0.2) is 0 Å². The number of fused-ring (bicyclic) bond motifs is 1. The van der Waals surface area contributed by atoms with E-state index in [-0.39, 0.29) is 5.75 Å². The maximum absolute atomic E-state index is 9.83. The van der Waals surface area contributed by atoms with Gasteiger partial charge in [0.1, 0.15) is 5.75 Å². The van der Waals surface area contributed by atoms with Gasteiger partial charge in [-0.05, 0) is 29.8 Å². The summed E-state index contributed by atoms with van der Waals surface area (Å²) in [6, 6.07) is 15.1. The molecule has 0 atom stereocenters. The quantitative estimate of drug-likeness (QED) is 0.798. The second-order valence-electron chi connectivity index (χ2n) is 4.05. The molecule has 2 aromatic rings. The molecule has 2 aromatic carbocycles. The van der Waals surface area contributed by atoms with Gasteiger partial charge in [-0.2, -0.15) is 5.10 Å². The molecule has 1 aliphatic heterocycles. The van der Waals surface area contributed by atoms with Crippen molar-refractivity contribution < 1.29 is 5.11 Å². The molecule has 0 aliphatic carbocycles. The summed E-state index contributed by atoms with van der Waals surface area (Å²) in [7, 11) is 0. The summed E-state index contributed by atoms with van der Waals surface area (Å²) in [6.07, 6.45) is 3.88. The van der Waals surface area contributed by atoms with Crippen LogP contribution >= 0.6 is 0 Å². The van der Waals surface area contributed by atoms with Crippen LogP contribution in [0.25, 0.3) is 6.08 Å². The highest BCUT2D eigenvalue weighted by Gasteiger charge is 2.09. The van der Waals surface area contributed by atoms with Gasteiger partial charge in [-0.1, -0.05) is 36.4 Å². The van der Waals surface area contributed by atoms with Gasteiger partial charge in [0.05, 0.1) is 11.4 Å². The van der Waals surface area contributed by atoms with E-state index in [2.05, 4.69) is 10.5 Å². The number of phenols is 1. The van der Waals surface area contributed by atoms with Crippen LogP contribution in [-0.2, 0) is 0 Å². The van der Waals surface area contributed by atoms with E-state index in [0.717, 1.165) is 11.3 Å². The van der Waals surface area contributed by atoms with Crippen molar-refractivity contribution in [1.29, 1.82) is 0 Å². The predicted molar refractivity (Wildman–Crippen MR) is 73.7 cm³/mol. The number of allylic oxidation sites excluding steroid dienone is 1. The molecule has 0 unspecified atom stereocenters. The topological polar surface area (TPSA) is 44.6 Å². The lowest BCUT2D eigenvalue weighted by Crippen LogP contribution is -2.00. The predicted octanol–water partition coefficient (Wildman–Crippen LogP) is 3.24. The van der Waals surface area contributed by atoms with E-state index in [0.29, 0.717) is 11.3 Å². The molecule has 2 N–H and O–H groups in total. The van der Waals surface area contributed by atoms with E-state index in [4.69, 9.17) is 0 Å². The zero-order chi connectivity index (χ0) is 12.4. The van der Waals surface area contributed by atoms with Crippen molar-refractivity contribution in [3.63, 3.8) is 0 Å². The van der Waals surface area contributed by atoms with Gasteiger partial charge in [0.2, 0.25) is 0 Å². The zero-order valence-electron chi connectivity index (χ0n) is 9.67. The zero-order valence-corrected chi connectivity index (χ0v) is 9.67. The number of rotatable bonds is 1. The monoisotopic (exact) mass is 236 g/mol. The van der Waals surface area contributed by atoms with E-state index in [9.17, 15) is 5.11 Å². The van der Waals surface area contributed by atoms with Crippen LogP contribution in [0.2, 0.25) is 0 Å². The highest BCUT2D eigenvalue weighted by Crippen LogP contribution is 2.23. The Morgan fingerprint density at radius 2 is 1.67 bits per heavy atom. The minimum Gasteiger partial charge on any atom is -0.507 e. The number of nitrogens with zero attached hydrogens (tertiary/aromatic N) is 1. The van der Waals surface area contributed by atoms with Crippen LogP contribution in [0.3, 0.4) is 0 Å². The highest BCUT2D eigenvalue weighted by atomic mass is 16.3. The first-order chi connectivity index (χ1) is 8.84. The number of phenolic OH excluding ortho intramolecular Hbond substituents is 1. The Morgan fingerprint density at radius 3 is 2.56 bits per heavy atom. The SMILES string of the molecule is Oc1ccccc1C1=NNc2ccccc2C=C1. The fraction of sp³-hybridized carbons (Fsp3) is 0. The third kappa shape index (κ3) is 1.86. The van der Waals surface area contributed by atoms with Crippen molar-refractivity contribution >= 4 is 17.5 Å². The first-order valence-electron chi connectivity index (χ1n) is 5.74. The van der Waals surface area contributed by atoms with Crippen molar-refractivity contribution in [2.24, 2.45) is 5.10 Å². The number of hydrogen-bond acceptors (Lipinski definition) is 3. The lowest BCUT2D eigenvalue weighted by atomic mass is 10.1. The lowest BCUT2D eigenvalue weighted by molar-refractivity contribution is 0.474. The largest absolute Gasteiger partial charge is 0.507 e. The number of para-hydroxylation sites is 2. The van der Waals surface area contributed by atoms with Crippen molar-refractivity contribution in [3.8, 4) is 5.75 Å². The molecule has 0 aromatic heterocycles. The van der Waals surface area contributed by atoms with E-state index in [1.165, 1.54) is 0 Å². The second-order valence-corrected chi connectivity index (χ2v) is 4.05. The molecule has 18 heavy (non-hydrogen) atoms. The van der Waals surface area contributed by atoms with Crippen LogP contribution in [0.1, 0.15) is 11.1 Å². The molecule has 1 heterocycles. The maximum atomic E-state index is 9.83. The summed E-state index contributed by atoms with van der Waals surface area (Å²) in [5.41, 5.74) is 6.48. The Kier molecular flexibility index (Phi) is 2.57. The minimum absolute atomic E-state index is 0.230. The molecule has 88 valence electrons. The summed E-state index contributed by atoms with van der Waals surface area (Å²) in [5.74, 6) is 0.230. The van der Waals surface area contributed by atoms with Gasteiger partial charge in [-0.3, -0.25) is 5.43 Å². The number of nitrogens with one attached hydrogen (secondary N) is 1. The Morgan fingerprint density at radius 1 is 0.889 bits per heavy atom. The van der Waals surface area contributed by atoms with Gasteiger partial charge in [-0.15, -0.1) is 0 Å². The Bertz CT molecular complexity index is 644. The summed E-state index contributed by atoms with van der Waals surface area (Å²) >= 11 is 0. The standard InChI is InChI=1S/C15H12N2O/c18-15-8-4-2-6-12(15)14-10-9-11-5-1-3-7-13(11)16-17-14/h1-10,16,18H. The molecule has 0 saturated carbocycles. The Hall–Kier alpha value is -2.55. The molecule has 3 heteroatoms. The molecule has 0 fully saturated rings. The van der Waals surface area contributed by atoms with E-state index < -0.39 is 0 Å².